The predicted octanol–water partition coefficient (Wildman–Crippen LogP) is 2.60. The van der Waals surface area contributed by atoms with E-state index < -0.39 is 11.6 Å². The Morgan fingerprint density at radius 2 is 2.00 bits per heavy atom. The lowest BCUT2D eigenvalue weighted by atomic mass is 10.0. The highest BCUT2D eigenvalue weighted by atomic mass is 16.6. The van der Waals surface area contributed by atoms with Crippen molar-refractivity contribution in [2.75, 3.05) is 0 Å². The Labute approximate surface area is 86.3 Å². The maximum Gasteiger partial charge on any atom is 0.352 e. The molecular weight excluding hydrogens is 178 g/mol. The van der Waals surface area contributed by atoms with E-state index in [-0.39, 0.29) is 11.6 Å². The van der Waals surface area contributed by atoms with Gasteiger partial charge in [0.2, 0.25) is 0 Å². The molecule has 0 aromatic rings. The van der Waals surface area contributed by atoms with E-state index in [0.717, 1.165) is 6.42 Å². The fourth-order valence-corrected chi connectivity index (χ4v) is 0.874. The quantitative estimate of drug-likeness (QED) is 0.557. The first kappa shape index (κ1) is 13.1. The molecule has 0 saturated heterocycles. The maximum absolute atomic E-state index is 11.3. The van der Waals surface area contributed by atoms with Crippen molar-refractivity contribution < 1.29 is 9.53 Å². The summed E-state index contributed by atoms with van der Waals surface area (Å²) in [5, 5.41) is 7.51. The Kier molecular flexibility index (Phi) is 4.81. The lowest BCUT2D eigenvalue weighted by Crippen LogP contribution is -2.29. The number of carbonyl (C=O) groups excluding carboxylic acids is 1. The van der Waals surface area contributed by atoms with Gasteiger partial charge in [0, 0.05) is 0 Å². The van der Waals surface area contributed by atoms with Crippen LogP contribution in [0.3, 0.4) is 0 Å². The average Bonchev–Trinajstić information content (AvgIpc) is 2.00. The van der Waals surface area contributed by atoms with Crippen molar-refractivity contribution >= 4 is 11.7 Å². The van der Waals surface area contributed by atoms with Gasteiger partial charge in [-0.15, -0.1) is 0 Å². The molecule has 1 N–H and O–H groups in total. The van der Waals surface area contributed by atoms with Crippen molar-refractivity contribution in [3.8, 4) is 0 Å². The zero-order chi connectivity index (χ0) is 11.4. The van der Waals surface area contributed by atoms with Gasteiger partial charge in [-0.3, -0.25) is 5.41 Å². The van der Waals surface area contributed by atoms with Crippen LogP contribution in [0.5, 0.6) is 0 Å². The molecule has 0 saturated carbocycles. The van der Waals surface area contributed by atoms with Gasteiger partial charge >= 0.3 is 5.97 Å². The maximum atomic E-state index is 11.3. The monoisotopic (exact) mass is 198 g/mol. The van der Waals surface area contributed by atoms with Crippen molar-refractivity contribution in [2.24, 2.45) is 5.92 Å². The molecule has 1 unspecified atom stereocenters. The van der Waals surface area contributed by atoms with E-state index in [1.165, 1.54) is 0 Å². The van der Waals surface area contributed by atoms with E-state index in [2.05, 4.69) is 6.92 Å². The summed E-state index contributed by atoms with van der Waals surface area (Å²) < 4.78 is 5.06. The molecule has 3 nitrogen and oxygen atoms in total. The van der Waals surface area contributed by atoms with Crippen LogP contribution in [0.15, 0.2) is 0 Å². The van der Waals surface area contributed by atoms with Crippen LogP contribution in [-0.2, 0) is 9.53 Å². The van der Waals surface area contributed by atoms with Gasteiger partial charge in [-0.25, -0.2) is 4.79 Å². The molecule has 81 valence electrons. The Hall–Kier alpha value is -0.860. The summed E-state index contributed by atoms with van der Waals surface area (Å²) in [6, 6.07) is 0. The Bertz CT molecular complexity index is 216. The standard InChI is InChI=1S/C11H20NO2/c1-6-8(2)7-9(12)10(13)14-11(3,4)5/h8,12H,1,6-7H2,2-5H3. The molecule has 0 aliphatic heterocycles. The molecule has 0 bridgehead atoms. The summed E-state index contributed by atoms with van der Waals surface area (Å²) in [6.07, 6.45) is 1.17. The molecule has 0 aromatic carbocycles. The first-order valence-electron chi connectivity index (χ1n) is 4.86. The van der Waals surface area contributed by atoms with Gasteiger partial charge in [-0.05, 0) is 33.1 Å². The molecular formula is C11H20NO2. The molecule has 3 heteroatoms. The third-order valence-corrected chi connectivity index (χ3v) is 1.69. The molecule has 0 amide bonds. The fraction of sp³-hybridized carbons (Fsp3) is 0.727. The predicted molar refractivity (Wildman–Crippen MR) is 57.3 cm³/mol. The molecule has 0 spiro atoms. The van der Waals surface area contributed by atoms with E-state index >= 15 is 0 Å². The minimum absolute atomic E-state index is 0.0380. The highest BCUT2D eigenvalue weighted by molar-refractivity contribution is 6.35. The number of ether oxygens (including phenoxy) is 1. The van der Waals surface area contributed by atoms with E-state index in [1.54, 1.807) is 20.8 Å². The van der Waals surface area contributed by atoms with Crippen molar-refractivity contribution in [1.29, 1.82) is 5.41 Å². The van der Waals surface area contributed by atoms with Crippen molar-refractivity contribution in [1.82, 2.24) is 0 Å². The van der Waals surface area contributed by atoms with E-state index in [4.69, 9.17) is 10.1 Å². The van der Waals surface area contributed by atoms with Gasteiger partial charge in [-0.1, -0.05) is 20.3 Å². The molecule has 1 atom stereocenters. The number of hydrogen-bond donors (Lipinski definition) is 1. The van der Waals surface area contributed by atoms with E-state index in [0.29, 0.717) is 6.42 Å². The highest BCUT2D eigenvalue weighted by Gasteiger charge is 2.20. The summed E-state index contributed by atoms with van der Waals surface area (Å²) in [5.41, 5.74) is -0.479. The van der Waals surface area contributed by atoms with Crippen LogP contribution in [0.1, 0.15) is 40.5 Å². The van der Waals surface area contributed by atoms with Crippen LogP contribution in [0, 0.1) is 18.3 Å². The Balaban J connectivity index is 4.08. The van der Waals surface area contributed by atoms with Crippen molar-refractivity contribution in [3.05, 3.63) is 6.92 Å². The summed E-state index contributed by atoms with van der Waals surface area (Å²) in [5.74, 6) is -0.257. The zero-order valence-corrected chi connectivity index (χ0v) is 9.52. The fourth-order valence-electron chi connectivity index (χ4n) is 0.874. The number of esters is 1. The van der Waals surface area contributed by atoms with E-state index in [9.17, 15) is 4.79 Å². The molecule has 0 heterocycles. The lowest BCUT2D eigenvalue weighted by Gasteiger charge is -2.20. The Morgan fingerprint density at radius 1 is 1.50 bits per heavy atom. The SMILES string of the molecule is [CH2]CC(C)CC(=N)C(=O)OC(C)(C)C. The first-order chi connectivity index (χ1) is 6.26. The molecule has 0 aromatic heterocycles. The Morgan fingerprint density at radius 3 is 2.36 bits per heavy atom. The van der Waals surface area contributed by atoms with Crippen molar-refractivity contribution in [3.63, 3.8) is 0 Å². The van der Waals surface area contributed by atoms with Crippen molar-refractivity contribution in [2.45, 2.75) is 46.1 Å². The largest absolute Gasteiger partial charge is 0.456 e. The molecule has 0 fully saturated rings. The smallest absolute Gasteiger partial charge is 0.352 e. The minimum Gasteiger partial charge on any atom is -0.456 e. The second kappa shape index (κ2) is 5.13. The molecule has 0 aliphatic carbocycles. The highest BCUT2D eigenvalue weighted by Crippen LogP contribution is 2.11. The normalized spacial score (nSPS) is 13.5. The van der Waals surface area contributed by atoms with Crippen LogP contribution in [0.4, 0.5) is 0 Å². The second-order valence-electron chi connectivity index (χ2n) is 4.58. The van der Waals surface area contributed by atoms with Gasteiger partial charge in [0.25, 0.3) is 0 Å². The molecule has 0 aliphatic rings. The van der Waals surface area contributed by atoms with Gasteiger partial charge in [0.1, 0.15) is 11.3 Å². The van der Waals surface area contributed by atoms with Crippen LogP contribution in [0.2, 0.25) is 0 Å². The second-order valence-corrected chi connectivity index (χ2v) is 4.58. The third-order valence-electron chi connectivity index (χ3n) is 1.69. The number of nitrogens with one attached hydrogen (secondary N) is 1. The van der Waals surface area contributed by atoms with Crippen LogP contribution in [0.25, 0.3) is 0 Å². The van der Waals surface area contributed by atoms with Gasteiger partial charge < -0.3 is 4.74 Å². The van der Waals surface area contributed by atoms with Gasteiger partial charge in [-0.2, -0.15) is 0 Å². The van der Waals surface area contributed by atoms with Crippen LogP contribution in [-0.4, -0.2) is 17.3 Å². The number of rotatable bonds is 4. The minimum atomic E-state index is -0.517. The van der Waals surface area contributed by atoms with Gasteiger partial charge in [0.05, 0.1) is 0 Å². The summed E-state index contributed by atoms with van der Waals surface area (Å²) in [4.78, 5) is 11.3. The van der Waals surface area contributed by atoms with Crippen LogP contribution < -0.4 is 0 Å². The average molecular weight is 198 g/mol. The summed E-state index contributed by atoms with van der Waals surface area (Å²) in [7, 11) is 0. The van der Waals surface area contributed by atoms with Crippen LogP contribution >= 0.6 is 0 Å². The summed E-state index contributed by atoms with van der Waals surface area (Å²) >= 11 is 0. The van der Waals surface area contributed by atoms with Gasteiger partial charge in [0.15, 0.2) is 0 Å². The lowest BCUT2D eigenvalue weighted by molar-refractivity contribution is -0.146. The number of hydrogen-bond acceptors (Lipinski definition) is 3. The zero-order valence-electron chi connectivity index (χ0n) is 9.52. The third kappa shape index (κ3) is 5.73. The summed E-state index contributed by atoms with van der Waals surface area (Å²) in [6.45, 7) is 11.1. The molecule has 1 radical (unpaired) electrons. The molecule has 14 heavy (non-hydrogen) atoms. The topological polar surface area (TPSA) is 50.2 Å². The van der Waals surface area contributed by atoms with E-state index in [1.807, 2.05) is 6.92 Å². The molecule has 0 rings (SSSR count). The first-order valence-corrected chi connectivity index (χ1v) is 4.86. The number of carbonyl (C=O) groups is 1.